The fourth-order valence-corrected chi connectivity index (χ4v) is 3.22. The lowest BCUT2D eigenvalue weighted by molar-refractivity contribution is 0.473. The third-order valence-electron chi connectivity index (χ3n) is 3.62. The predicted octanol–water partition coefficient (Wildman–Crippen LogP) is 3.06. The first kappa shape index (κ1) is 17.5. The van der Waals surface area contributed by atoms with Crippen LogP contribution in [0.3, 0.4) is 0 Å². The normalized spacial score (nSPS) is 15.9. The lowest BCUT2D eigenvalue weighted by Gasteiger charge is -2.19. The number of para-hydroxylation sites is 1. The fraction of sp³-hybridized carbons (Fsp3) is 0.500. The Morgan fingerprint density at radius 3 is 2.43 bits per heavy atom. The quantitative estimate of drug-likeness (QED) is 0.777. The lowest BCUT2D eigenvalue weighted by Crippen LogP contribution is -2.36. The molecule has 0 fully saturated rings. The molecule has 0 aromatic heterocycles. The molecule has 0 amide bonds. The average Bonchev–Trinajstić information content (AvgIpc) is 2.82. The van der Waals surface area contributed by atoms with Crippen molar-refractivity contribution in [2.75, 3.05) is 18.9 Å². The Morgan fingerprint density at radius 2 is 1.74 bits per heavy atom. The van der Waals surface area contributed by atoms with Gasteiger partial charge < -0.3 is 10.2 Å². The number of nitrogens with zero attached hydrogens (tertiary/aromatic N) is 3. The molecule has 0 bridgehead atoms. The van der Waals surface area contributed by atoms with Crippen molar-refractivity contribution >= 4 is 27.6 Å². The summed E-state index contributed by atoms with van der Waals surface area (Å²) >= 11 is 0. The number of hydrogen-bond acceptors (Lipinski definition) is 4. The van der Waals surface area contributed by atoms with E-state index in [9.17, 15) is 8.42 Å². The van der Waals surface area contributed by atoms with Gasteiger partial charge in [0.25, 0.3) is 0 Å². The van der Waals surface area contributed by atoms with Crippen molar-refractivity contribution in [3.63, 3.8) is 0 Å². The fourth-order valence-electron chi connectivity index (χ4n) is 2.37. The summed E-state index contributed by atoms with van der Waals surface area (Å²) in [5.41, 5.74) is 0.785. The molecule has 7 heteroatoms. The van der Waals surface area contributed by atoms with Crippen LogP contribution in [0.25, 0.3) is 0 Å². The molecule has 1 N–H and O–H groups in total. The molecule has 0 atom stereocenters. The van der Waals surface area contributed by atoms with Gasteiger partial charge in [-0.15, -0.1) is 8.80 Å². The molecule has 6 nitrogen and oxygen atoms in total. The van der Waals surface area contributed by atoms with Crippen LogP contribution >= 0.6 is 0 Å². The van der Waals surface area contributed by atoms with Crippen LogP contribution in [0.1, 0.15) is 39.0 Å². The van der Waals surface area contributed by atoms with E-state index in [0.29, 0.717) is 5.84 Å². The molecule has 1 aromatic rings. The van der Waals surface area contributed by atoms with Crippen LogP contribution < -0.4 is 5.32 Å². The third-order valence-corrected chi connectivity index (χ3v) is 4.43. The van der Waals surface area contributed by atoms with E-state index in [2.05, 4.69) is 21.0 Å². The summed E-state index contributed by atoms with van der Waals surface area (Å²) < 4.78 is 30.9. The summed E-state index contributed by atoms with van der Waals surface area (Å²) in [5.74, 6) is 0.664. The van der Waals surface area contributed by atoms with Gasteiger partial charge in [0, 0.05) is 19.3 Å². The Bertz CT molecular complexity index is 669. The maximum Gasteiger partial charge on any atom is 0.367 e. The van der Waals surface area contributed by atoms with Gasteiger partial charge in [0.15, 0.2) is 11.7 Å². The van der Waals surface area contributed by atoms with Crippen molar-refractivity contribution in [3.8, 4) is 0 Å². The maximum atomic E-state index is 11.7. The minimum absolute atomic E-state index is 0.284. The van der Waals surface area contributed by atoms with Crippen LogP contribution in [-0.2, 0) is 10.2 Å². The van der Waals surface area contributed by atoms with Crippen molar-refractivity contribution in [2.24, 2.45) is 8.80 Å². The summed E-state index contributed by atoms with van der Waals surface area (Å²) in [4.78, 5) is 1.85. The van der Waals surface area contributed by atoms with E-state index >= 15 is 0 Å². The van der Waals surface area contributed by atoms with Gasteiger partial charge in [-0.2, -0.15) is 8.42 Å². The zero-order valence-corrected chi connectivity index (χ0v) is 14.5. The second-order valence-corrected chi connectivity index (χ2v) is 6.89. The molecular formula is C16H24N4O2S. The van der Waals surface area contributed by atoms with E-state index in [1.165, 1.54) is 19.3 Å². The molecule has 1 heterocycles. The van der Waals surface area contributed by atoms with Crippen molar-refractivity contribution in [2.45, 2.75) is 39.0 Å². The van der Waals surface area contributed by atoms with E-state index in [1.54, 1.807) is 0 Å². The molecule has 0 saturated carbocycles. The predicted molar refractivity (Wildman–Crippen MR) is 95.2 cm³/mol. The number of amidine groups is 2. The van der Waals surface area contributed by atoms with Gasteiger partial charge >= 0.3 is 10.2 Å². The minimum atomic E-state index is -3.78. The van der Waals surface area contributed by atoms with Gasteiger partial charge in [-0.1, -0.05) is 50.8 Å². The van der Waals surface area contributed by atoms with Gasteiger partial charge in [-0.25, -0.2) is 0 Å². The standard InChI is InChI=1S/C16H24N4O2S/c1-3-4-5-6-10-13-20(2)16-15(18-23(21,22)19-16)17-14-11-8-7-9-12-14/h7-9,11-12H,3-6,10,13H2,1-2H3,(H,17,18). The van der Waals surface area contributed by atoms with Crippen molar-refractivity contribution in [1.29, 1.82) is 0 Å². The van der Waals surface area contributed by atoms with Crippen molar-refractivity contribution in [3.05, 3.63) is 30.3 Å². The SMILES string of the molecule is CCCCCCCN(C)C1=NS(=O)(=O)N=C1Nc1ccccc1. The number of anilines is 1. The number of nitrogens with one attached hydrogen (secondary N) is 1. The Morgan fingerprint density at radius 1 is 1.04 bits per heavy atom. The second-order valence-electron chi connectivity index (χ2n) is 5.63. The summed E-state index contributed by atoms with van der Waals surface area (Å²) in [6.07, 6.45) is 5.79. The highest BCUT2D eigenvalue weighted by atomic mass is 32.2. The van der Waals surface area contributed by atoms with Crippen LogP contribution in [0.2, 0.25) is 0 Å². The number of benzene rings is 1. The van der Waals surface area contributed by atoms with E-state index in [0.717, 1.165) is 25.1 Å². The molecule has 23 heavy (non-hydrogen) atoms. The monoisotopic (exact) mass is 336 g/mol. The summed E-state index contributed by atoms with van der Waals surface area (Å²) in [5, 5.41) is 3.04. The lowest BCUT2D eigenvalue weighted by atomic mass is 10.1. The minimum Gasteiger partial charge on any atom is -0.356 e. The number of hydrogen-bond donors (Lipinski definition) is 1. The van der Waals surface area contributed by atoms with Crippen LogP contribution in [0, 0.1) is 0 Å². The highest BCUT2D eigenvalue weighted by Crippen LogP contribution is 2.14. The van der Waals surface area contributed by atoms with Crippen LogP contribution in [0.5, 0.6) is 0 Å². The topological polar surface area (TPSA) is 74.1 Å². The smallest absolute Gasteiger partial charge is 0.356 e. The van der Waals surface area contributed by atoms with E-state index < -0.39 is 10.2 Å². The average molecular weight is 336 g/mol. The van der Waals surface area contributed by atoms with E-state index in [4.69, 9.17) is 0 Å². The highest BCUT2D eigenvalue weighted by molar-refractivity contribution is 7.89. The van der Waals surface area contributed by atoms with Crippen molar-refractivity contribution in [1.82, 2.24) is 4.90 Å². The second kappa shape index (κ2) is 8.10. The molecule has 0 unspecified atom stereocenters. The number of rotatable bonds is 7. The molecule has 0 radical (unpaired) electrons. The zero-order chi connectivity index (χ0) is 16.7. The van der Waals surface area contributed by atoms with Gasteiger partial charge in [-0.05, 0) is 18.6 Å². The van der Waals surface area contributed by atoms with Gasteiger partial charge in [-0.3, -0.25) is 0 Å². The van der Waals surface area contributed by atoms with Crippen LogP contribution in [0.4, 0.5) is 5.69 Å². The highest BCUT2D eigenvalue weighted by Gasteiger charge is 2.27. The molecule has 2 rings (SSSR count). The molecule has 0 aliphatic carbocycles. The Kier molecular flexibility index (Phi) is 6.15. The first-order chi connectivity index (χ1) is 11.0. The van der Waals surface area contributed by atoms with Crippen LogP contribution in [-0.4, -0.2) is 38.6 Å². The Balaban J connectivity index is 1.99. The molecule has 0 spiro atoms. The third kappa shape index (κ3) is 5.35. The Labute approximate surface area is 138 Å². The largest absolute Gasteiger partial charge is 0.367 e. The van der Waals surface area contributed by atoms with E-state index in [1.807, 2.05) is 42.3 Å². The summed E-state index contributed by atoms with van der Waals surface area (Å²) in [6, 6.07) is 9.36. The van der Waals surface area contributed by atoms with Crippen molar-refractivity contribution < 1.29 is 8.42 Å². The molecule has 126 valence electrons. The summed E-state index contributed by atoms with van der Waals surface area (Å²) in [7, 11) is -1.93. The molecule has 1 aliphatic heterocycles. The maximum absolute atomic E-state index is 11.7. The summed E-state index contributed by atoms with van der Waals surface area (Å²) in [6.45, 7) is 2.94. The number of likely N-dealkylation sites (N-methyl/N-ethyl adjacent to an activating group) is 1. The van der Waals surface area contributed by atoms with Gasteiger partial charge in [0.05, 0.1) is 0 Å². The molecular weight excluding hydrogens is 312 g/mol. The van der Waals surface area contributed by atoms with Gasteiger partial charge in [0.2, 0.25) is 0 Å². The first-order valence-electron chi connectivity index (χ1n) is 8.00. The molecule has 1 aliphatic rings. The zero-order valence-electron chi connectivity index (χ0n) is 13.7. The van der Waals surface area contributed by atoms with Crippen LogP contribution in [0.15, 0.2) is 39.1 Å². The van der Waals surface area contributed by atoms with Gasteiger partial charge in [0.1, 0.15) is 0 Å². The first-order valence-corrected chi connectivity index (χ1v) is 9.40. The molecule has 0 saturated heterocycles. The van der Waals surface area contributed by atoms with E-state index in [-0.39, 0.29) is 5.84 Å². The Hall–Kier alpha value is -1.89. The molecule has 1 aromatic carbocycles. The number of unbranched alkanes of at least 4 members (excludes halogenated alkanes) is 4.